The number of fused-ring (bicyclic) bond motifs is 1. The van der Waals surface area contributed by atoms with Crippen molar-refractivity contribution in [1.29, 1.82) is 0 Å². The third kappa shape index (κ3) is 4.59. The summed E-state index contributed by atoms with van der Waals surface area (Å²) in [6.45, 7) is 7.73. The number of amides is 1. The number of aromatic amines is 1. The Morgan fingerprint density at radius 3 is 2.51 bits per heavy atom. The van der Waals surface area contributed by atoms with Crippen LogP contribution in [0.2, 0.25) is 0 Å². The van der Waals surface area contributed by atoms with E-state index >= 15 is 0 Å². The number of hydrogen-bond acceptors (Lipinski definition) is 5. The van der Waals surface area contributed by atoms with E-state index in [4.69, 9.17) is 0 Å². The van der Waals surface area contributed by atoms with Gasteiger partial charge >= 0.3 is 0 Å². The molecule has 2 heterocycles. The fourth-order valence-electron chi connectivity index (χ4n) is 7.51. The third-order valence-corrected chi connectivity index (χ3v) is 9.68. The van der Waals surface area contributed by atoms with E-state index in [1.807, 2.05) is 63.4 Å². The number of benzene rings is 1. The first kappa shape index (κ1) is 27.8. The normalized spacial score (nSPS) is 37.8. The summed E-state index contributed by atoms with van der Waals surface area (Å²) in [5.41, 5.74) is 3.26. The van der Waals surface area contributed by atoms with Crippen molar-refractivity contribution in [3.8, 4) is 0 Å². The van der Waals surface area contributed by atoms with Crippen molar-refractivity contribution in [1.82, 2.24) is 10.3 Å². The lowest BCUT2D eigenvalue weighted by atomic mass is 9.54. The first-order valence-corrected chi connectivity index (χ1v) is 14.2. The smallest absolute Gasteiger partial charge is 0.230 e. The zero-order valence-electron chi connectivity index (χ0n) is 23.3. The predicted octanol–water partition coefficient (Wildman–Crippen LogP) is 3.54. The molecule has 3 aliphatic rings. The summed E-state index contributed by atoms with van der Waals surface area (Å²) in [5, 5.41) is 49.3. The van der Waals surface area contributed by atoms with Gasteiger partial charge in [0.2, 0.25) is 5.91 Å². The molecule has 0 bridgehead atoms. The summed E-state index contributed by atoms with van der Waals surface area (Å²) in [5.74, 6) is -1.16. The topological polar surface area (TPSA) is 126 Å². The molecule has 1 aromatic heterocycles. The summed E-state index contributed by atoms with van der Waals surface area (Å²) >= 11 is 0. The van der Waals surface area contributed by atoms with E-state index in [2.05, 4.69) is 16.4 Å². The number of para-hydroxylation sites is 1. The van der Waals surface area contributed by atoms with Crippen molar-refractivity contribution >= 4 is 16.8 Å². The van der Waals surface area contributed by atoms with E-state index in [0.717, 1.165) is 27.6 Å². The first-order valence-electron chi connectivity index (χ1n) is 14.2. The fraction of sp³-hybridized carbons (Fsp3) is 0.531. The molecule has 0 saturated carbocycles. The molecule has 1 unspecified atom stereocenters. The van der Waals surface area contributed by atoms with Crippen LogP contribution in [0.1, 0.15) is 52.5 Å². The van der Waals surface area contributed by atoms with Gasteiger partial charge in [-0.2, -0.15) is 0 Å². The molecule has 39 heavy (non-hydrogen) atoms. The number of aromatic nitrogens is 1. The van der Waals surface area contributed by atoms with Crippen LogP contribution in [0, 0.1) is 23.2 Å². The number of nitrogens with one attached hydrogen (secondary N) is 2. The van der Waals surface area contributed by atoms with Gasteiger partial charge < -0.3 is 30.7 Å². The molecule has 1 saturated heterocycles. The number of allylic oxidation sites excluding steroid dienone is 2. The van der Waals surface area contributed by atoms with Crippen molar-refractivity contribution in [2.75, 3.05) is 0 Å². The van der Waals surface area contributed by atoms with E-state index < -0.39 is 35.7 Å². The molecule has 6 N–H and O–H groups in total. The van der Waals surface area contributed by atoms with Crippen LogP contribution < -0.4 is 5.32 Å². The van der Waals surface area contributed by atoms with Gasteiger partial charge in [-0.05, 0) is 75.1 Å². The SMILES string of the molecule is CC1=C[C@@H](C)CC=C[C@H]2[C@H](O)C(C)=C(C)C3[C@H](Cc4c[nH]c5ccccc45)NC(=O)[C@]32[C@@H](O)CC[C@@H](O)[C@H]1O. The Bertz CT molecular complexity index is 1320. The number of carbonyl (C=O) groups is 1. The maximum atomic E-state index is 14.2. The minimum Gasteiger partial charge on any atom is -0.392 e. The second-order valence-corrected chi connectivity index (χ2v) is 12.0. The molecule has 1 aliphatic heterocycles. The highest BCUT2D eigenvalue weighted by molar-refractivity contribution is 5.89. The summed E-state index contributed by atoms with van der Waals surface area (Å²) in [6, 6.07) is 7.79. The van der Waals surface area contributed by atoms with Crippen molar-refractivity contribution < 1.29 is 25.2 Å². The van der Waals surface area contributed by atoms with Gasteiger partial charge in [0.1, 0.15) is 6.10 Å². The van der Waals surface area contributed by atoms with Crippen LogP contribution >= 0.6 is 0 Å². The lowest BCUT2D eigenvalue weighted by molar-refractivity contribution is -0.146. The van der Waals surface area contributed by atoms with Gasteiger partial charge in [0, 0.05) is 35.0 Å². The van der Waals surface area contributed by atoms with Crippen LogP contribution in [-0.4, -0.2) is 61.8 Å². The van der Waals surface area contributed by atoms with Crippen molar-refractivity contribution in [3.63, 3.8) is 0 Å². The van der Waals surface area contributed by atoms with Gasteiger partial charge in [0.15, 0.2) is 0 Å². The number of H-pyrrole nitrogens is 1. The first-order chi connectivity index (χ1) is 18.6. The van der Waals surface area contributed by atoms with Crippen LogP contribution in [0.15, 0.2) is 65.4 Å². The van der Waals surface area contributed by atoms with E-state index in [9.17, 15) is 25.2 Å². The minimum atomic E-state index is -1.30. The van der Waals surface area contributed by atoms with Crippen LogP contribution in [0.25, 0.3) is 10.9 Å². The average Bonchev–Trinajstić information content (AvgIpc) is 3.45. The Kier molecular flexibility index (Phi) is 7.63. The molecule has 1 spiro atoms. The molecule has 5 rings (SSSR count). The Morgan fingerprint density at radius 1 is 1.00 bits per heavy atom. The van der Waals surface area contributed by atoms with Gasteiger partial charge in [-0.15, -0.1) is 0 Å². The predicted molar refractivity (Wildman–Crippen MR) is 152 cm³/mol. The molecule has 9 atom stereocenters. The highest BCUT2D eigenvalue weighted by Gasteiger charge is 2.66. The van der Waals surface area contributed by atoms with Crippen molar-refractivity contribution in [2.45, 2.75) is 83.8 Å². The number of hydrogen-bond donors (Lipinski definition) is 6. The lowest BCUT2D eigenvalue weighted by Crippen LogP contribution is -2.57. The highest BCUT2D eigenvalue weighted by Crippen LogP contribution is 2.57. The molecule has 1 amide bonds. The molecule has 1 fully saturated rings. The molecular weight excluding hydrogens is 492 g/mol. The Labute approximate surface area is 230 Å². The summed E-state index contributed by atoms with van der Waals surface area (Å²) in [4.78, 5) is 17.5. The van der Waals surface area contributed by atoms with E-state index in [0.29, 0.717) is 18.4 Å². The zero-order valence-corrected chi connectivity index (χ0v) is 23.3. The second-order valence-electron chi connectivity index (χ2n) is 12.0. The van der Waals surface area contributed by atoms with E-state index in [1.54, 1.807) is 6.92 Å². The van der Waals surface area contributed by atoms with Gasteiger partial charge in [0.05, 0.1) is 23.7 Å². The second kappa shape index (κ2) is 10.7. The summed E-state index contributed by atoms with van der Waals surface area (Å²) < 4.78 is 0. The summed E-state index contributed by atoms with van der Waals surface area (Å²) in [6.07, 6.45) is 5.16. The van der Waals surface area contributed by atoms with Crippen LogP contribution in [0.3, 0.4) is 0 Å². The maximum Gasteiger partial charge on any atom is 0.230 e. The highest BCUT2D eigenvalue weighted by atomic mass is 16.3. The minimum absolute atomic E-state index is 0.0895. The quantitative estimate of drug-likeness (QED) is 0.329. The van der Waals surface area contributed by atoms with Crippen LogP contribution in [-0.2, 0) is 11.2 Å². The maximum absolute atomic E-state index is 14.2. The molecule has 210 valence electrons. The van der Waals surface area contributed by atoms with Gasteiger partial charge in [-0.3, -0.25) is 4.79 Å². The van der Waals surface area contributed by atoms with E-state index in [-0.39, 0.29) is 36.6 Å². The van der Waals surface area contributed by atoms with Crippen LogP contribution in [0.4, 0.5) is 0 Å². The summed E-state index contributed by atoms with van der Waals surface area (Å²) in [7, 11) is 0. The Morgan fingerprint density at radius 2 is 1.74 bits per heavy atom. The van der Waals surface area contributed by atoms with Gasteiger partial charge in [0.25, 0.3) is 0 Å². The molecule has 1 aromatic carbocycles. The number of rotatable bonds is 2. The average molecular weight is 535 g/mol. The molecule has 2 aromatic rings. The number of aliphatic hydroxyl groups is 4. The standard InChI is InChI=1S/C32H42N2O5/c1-17-8-7-10-23-30(38)20(4)19(3)28-25(15-21-16-33-24-11-6-5-9-22(21)24)34-31(39)32(23,28)27(36)13-12-26(35)29(37)18(2)14-17/h5-7,9-11,14,16-17,23,25-30,33,35-38H,8,12-13,15H2,1-4H3,(H,34,39)/t17-,23-,25-,26+,27-,28?,29-,30+,32+/m0/s1. The van der Waals surface area contributed by atoms with Crippen LogP contribution in [0.5, 0.6) is 0 Å². The molecule has 7 heteroatoms. The number of aliphatic hydroxyl groups excluding tert-OH is 4. The fourth-order valence-corrected chi connectivity index (χ4v) is 7.51. The zero-order chi connectivity index (χ0) is 28.1. The van der Waals surface area contributed by atoms with E-state index in [1.165, 1.54) is 0 Å². The Hall–Kier alpha value is -2.71. The van der Waals surface area contributed by atoms with Gasteiger partial charge in [-0.25, -0.2) is 0 Å². The van der Waals surface area contributed by atoms with Gasteiger partial charge in [-0.1, -0.05) is 48.9 Å². The molecule has 0 radical (unpaired) electrons. The Balaban J connectivity index is 1.60. The third-order valence-electron chi connectivity index (χ3n) is 9.68. The molecule has 2 aliphatic carbocycles. The monoisotopic (exact) mass is 534 g/mol. The lowest BCUT2D eigenvalue weighted by Gasteiger charge is -2.49. The van der Waals surface area contributed by atoms with Crippen molar-refractivity contribution in [2.24, 2.45) is 23.2 Å². The number of carbonyl (C=O) groups excluding carboxylic acids is 1. The van der Waals surface area contributed by atoms with Crippen molar-refractivity contribution in [3.05, 3.63) is 71.0 Å². The molecule has 7 nitrogen and oxygen atoms in total. The largest absolute Gasteiger partial charge is 0.392 e. The molecular formula is C32H42N2O5.